The van der Waals surface area contributed by atoms with E-state index in [2.05, 4.69) is 0 Å². The number of aliphatic hydroxyl groups excluding tert-OH is 1. The Morgan fingerprint density at radius 3 is 1.73 bits per heavy atom. The Hall–Kier alpha value is -1.00. The van der Waals surface area contributed by atoms with Crippen molar-refractivity contribution in [3.8, 4) is 0 Å². The predicted molar refractivity (Wildman–Crippen MR) is 32.1 cm³/mol. The van der Waals surface area contributed by atoms with Gasteiger partial charge in [0.25, 0.3) is 0 Å². The highest BCUT2D eigenvalue weighted by Crippen LogP contribution is 2.25. The van der Waals surface area contributed by atoms with Crippen molar-refractivity contribution < 1.29 is 23.1 Å². The second-order valence-electron chi connectivity index (χ2n) is 2.03. The van der Waals surface area contributed by atoms with Gasteiger partial charge in [0, 0.05) is 5.57 Å². The largest absolute Gasteiger partial charge is 0.504 e. The molecule has 1 N–H and O–H groups in total. The second-order valence-corrected chi connectivity index (χ2v) is 2.03. The third-order valence-electron chi connectivity index (χ3n) is 1.15. The molecule has 0 aromatic carbocycles. The summed E-state index contributed by atoms with van der Waals surface area (Å²) in [5.74, 6) is -2.61. The van der Waals surface area contributed by atoms with Crippen LogP contribution in [-0.2, 0) is 4.79 Å². The lowest BCUT2D eigenvalue weighted by Gasteiger charge is -2.06. The molecule has 0 aromatic rings. The topological polar surface area (TPSA) is 37.3 Å². The number of alkyl halides is 3. The number of carbonyl (C=O) groups is 1. The van der Waals surface area contributed by atoms with E-state index in [-0.39, 0.29) is 0 Å². The van der Waals surface area contributed by atoms with Crippen LogP contribution in [0.5, 0.6) is 0 Å². The lowest BCUT2D eigenvalue weighted by Crippen LogP contribution is -2.15. The van der Waals surface area contributed by atoms with Crippen molar-refractivity contribution in [3.63, 3.8) is 0 Å². The summed E-state index contributed by atoms with van der Waals surface area (Å²) in [6.45, 7) is 1.88. The van der Waals surface area contributed by atoms with Crippen LogP contribution in [0.2, 0.25) is 0 Å². The lowest BCUT2D eigenvalue weighted by molar-refractivity contribution is -0.126. The van der Waals surface area contributed by atoms with Gasteiger partial charge in [-0.25, -0.2) is 0 Å². The van der Waals surface area contributed by atoms with Gasteiger partial charge in [0.15, 0.2) is 5.78 Å². The summed E-state index contributed by atoms with van der Waals surface area (Å²) < 4.78 is 34.8. The van der Waals surface area contributed by atoms with Crippen LogP contribution in [0.4, 0.5) is 13.2 Å². The molecule has 2 nitrogen and oxygen atoms in total. The summed E-state index contributed by atoms with van der Waals surface area (Å²) in [5.41, 5.74) is -0.669. The Bertz CT molecular complexity index is 202. The fourth-order valence-electron chi connectivity index (χ4n) is 0.379. The number of hydrogen-bond donors (Lipinski definition) is 1. The van der Waals surface area contributed by atoms with Gasteiger partial charge in [0.1, 0.15) is 0 Å². The average Bonchev–Trinajstić information content (AvgIpc) is 1.82. The molecular weight excluding hydrogens is 161 g/mol. The minimum absolute atomic E-state index is 0.669. The smallest absolute Gasteiger partial charge is 0.449 e. The van der Waals surface area contributed by atoms with Gasteiger partial charge in [-0.1, -0.05) is 0 Å². The van der Waals surface area contributed by atoms with Crippen LogP contribution in [0.3, 0.4) is 0 Å². The molecule has 0 bridgehead atoms. The van der Waals surface area contributed by atoms with Crippen LogP contribution in [0.15, 0.2) is 11.3 Å². The first-order chi connectivity index (χ1) is 4.76. The zero-order valence-electron chi connectivity index (χ0n) is 5.99. The normalized spacial score (nSPS) is 14.3. The molecule has 0 aliphatic heterocycles. The molecule has 0 aliphatic carbocycles. The van der Waals surface area contributed by atoms with E-state index >= 15 is 0 Å². The maximum atomic E-state index is 11.6. The fourth-order valence-corrected chi connectivity index (χ4v) is 0.379. The van der Waals surface area contributed by atoms with Crippen LogP contribution in [0, 0.1) is 0 Å². The van der Waals surface area contributed by atoms with Crippen LogP contribution in [0.1, 0.15) is 13.8 Å². The number of ketones is 1. The van der Waals surface area contributed by atoms with Crippen molar-refractivity contribution >= 4 is 5.78 Å². The number of Topliss-reactive ketones (excluding diaryl/α,β-unsaturated/α-hetero) is 1. The number of halogens is 3. The minimum atomic E-state index is -4.82. The summed E-state index contributed by atoms with van der Waals surface area (Å²) in [4.78, 5) is 10.3. The monoisotopic (exact) mass is 168 g/mol. The number of rotatable bonds is 1. The molecule has 0 aliphatic rings. The van der Waals surface area contributed by atoms with Gasteiger partial charge >= 0.3 is 6.18 Å². The maximum Gasteiger partial charge on any atom is 0.449 e. The molecule has 0 aromatic heterocycles. The SMILES string of the molecule is CC(=O)C(C)=C(O)C(F)(F)F. The molecule has 0 unspecified atom stereocenters. The van der Waals surface area contributed by atoms with Crippen LogP contribution in [-0.4, -0.2) is 17.1 Å². The van der Waals surface area contributed by atoms with Gasteiger partial charge in [-0.05, 0) is 13.8 Å². The first kappa shape index (κ1) is 10.0. The average molecular weight is 168 g/mol. The van der Waals surface area contributed by atoms with Crippen molar-refractivity contribution in [2.24, 2.45) is 0 Å². The molecule has 0 fully saturated rings. The Morgan fingerprint density at radius 2 is 1.64 bits per heavy atom. The Labute approximate surface area is 61.3 Å². The van der Waals surface area contributed by atoms with Crippen molar-refractivity contribution in [2.45, 2.75) is 20.0 Å². The first-order valence-corrected chi connectivity index (χ1v) is 2.74. The van der Waals surface area contributed by atoms with Crippen molar-refractivity contribution in [1.29, 1.82) is 0 Å². The molecule has 5 heteroatoms. The molecule has 0 rings (SSSR count). The lowest BCUT2D eigenvalue weighted by atomic mass is 10.2. The Kier molecular flexibility index (Phi) is 2.67. The van der Waals surface area contributed by atoms with E-state index in [0.29, 0.717) is 0 Å². The molecule has 0 spiro atoms. The first-order valence-electron chi connectivity index (χ1n) is 2.74. The summed E-state index contributed by atoms with van der Waals surface area (Å²) in [6.07, 6.45) is -4.82. The van der Waals surface area contributed by atoms with E-state index in [0.717, 1.165) is 13.8 Å². The molecule has 64 valence electrons. The Balaban J connectivity index is 4.82. The van der Waals surface area contributed by atoms with Crippen molar-refractivity contribution in [2.75, 3.05) is 0 Å². The quantitative estimate of drug-likeness (QED) is 0.480. The van der Waals surface area contributed by atoms with Crippen molar-refractivity contribution in [3.05, 3.63) is 11.3 Å². The molecule has 0 atom stereocenters. The van der Waals surface area contributed by atoms with E-state index in [1.807, 2.05) is 0 Å². The third-order valence-corrected chi connectivity index (χ3v) is 1.15. The summed E-state index contributed by atoms with van der Waals surface area (Å²) in [7, 11) is 0. The standard InChI is InChI=1S/C6H7F3O2/c1-3(4(2)10)5(11)6(7,8)9/h11H,1-2H3. The summed E-state index contributed by atoms with van der Waals surface area (Å²) in [5, 5.41) is 8.36. The highest BCUT2D eigenvalue weighted by atomic mass is 19.4. The predicted octanol–water partition coefficient (Wildman–Crippen LogP) is 1.97. The van der Waals surface area contributed by atoms with E-state index in [4.69, 9.17) is 5.11 Å². The van der Waals surface area contributed by atoms with Crippen molar-refractivity contribution in [1.82, 2.24) is 0 Å². The summed E-state index contributed by atoms with van der Waals surface area (Å²) in [6, 6.07) is 0. The minimum Gasteiger partial charge on any atom is -0.504 e. The fraction of sp³-hybridized carbons (Fsp3) is 0.500. The molecule has 0 saturated carbocycles. The molecule has 0 saturated heterocycles. The van der Waals surface area contributed by atoms with Crippen LogP contribution < -0.4 is 0 Å². The molecule has 0 heterocycles. The number of hydrogen-bond acceptors (Lipinski definition) is 2. The van der Waals surface area contributed by atoms with Gasteiger partial charge in [-0.15, -0.1) is 0 Å². The van der Waals surface area contributed by atoms with Gasteiger partial charge in [0.05, 0.1) is 0 Å². The van der Waals surface area contributed by atoms with Gasteiger partial charge in [0.2, 0.25) is 5.76 Å². The van der Waals surface area contributed by atoms with E-state index < -0.39 is 23.3 Å². The van der Waals surface area contributed by atoms with E-state index in [1.54, 1.807) is 0 Å². The molecular formula is C6H7F3O2. The molecule has 11 heavy (non-hydrogen) atoms. The third kappa shape index (κ3) is 2.61. The number of allylic oxidation sites excluding steroid dienone is 2. The zero-order valence-corrected chi connectivity index (χ0v) is 5.99. The summed E-state index contributed by atoms with van der Waals surface area (Å²) >= 11 is 0. The van der Waals surface area contributed by atoms with Crippen LogP contribution >= 0.6 is 0 Å². The van der Waals surface area contributed by atoms with Gasteiger partial charge in [-0.3, -0.25) is 4.79 Å². The zero-order chi connectivity index (χ0) is 9.23. The Morgan fingerprint density at radius 1 is 1.27 bits per heavy atom. The highest BCUT2D eigenvalue weighted by Gasteiger charge is 2.36. The second kappa shape index (κ2) is 2.94. The molecule has 0 radical (unpaired) electrons. The van der Waals surface area contributed by atoms with Crippen LogP contribution in [0.25, 0.3) is 0 Å². The van der Waals surface area contributed by atoms with Gasteiger partial charge in [-0.2, -0.15) is 13.2 Å². The maximum absolute atomic E-state index is 11.6. The molecule has 0 amide bonds. The number of aliphatic hydroxyl groups is 1. The van der Waals surface area contributed by atoms with E-state index in [9.17, 15) is 18.0 Å². The number of carbonyl (C=O) groups excluding carboxylic acids is 1. The van der Waals surface area contributed by atoms with E-state index in [1.165, 1.54) is 0 Å². The van der Waals surface area contributed by atoms with Gasteiger partial charge < -0.3 is 5.11 Å². The highest BCUT2D eigenvalue weighted by molar-refractivity contribution is 5.93.